The predicted molar refractivity (Wildman–Crippen MR) is 88.6 cm³/mol. The van der Waals surface area contributed by atoms with Crippen molar-refractivity contribution in [1.82, 2.24) is 4.90 Å². The molecule has 0 aromatic heterocycles. The molecule has 1 aliphatic rings. The standard InChI is InChI=1S/C17H25ClN2O/c1-12(2)9-10-20(14-5-3-4-6-14)17(21)15-11-13(19)7-8-16(15)18/h7-8,11-12,14H,3-6,9-10,19H2,1-2H3. The smallest absolute Gasteiger partial charge is 0.255 e. The van der Waals surface area contributed by atoms with Crippen molar-refractivity contribution in [2.24, 2.45) is 5.92 Å². The minimum absolute atomic E-state index is 0.0276. The summed E-state index contributed by atoms with van der Waals surface area (Å²) < 4.78 is 0. The molecule has 0 aliphatic heterocycles. The van der Waals surface area contributed by atoms with Gasteiger partial charge in [0.1, 0.15) is 0 Å². The summed E-state index contributed by atoms with van der Waals surface area (Å²) in [5, 5.41) is 0.488. The van der Waals surface area contributed by atoms with Crippen molar-refractivity contribution in [2.75, 3.05) is 12.3 Å². The average molecular weight is 309 g/mol. The van der Waals surface area contributed by atoms with Crippen molar-refractivity contribution in [3.8, 4) is 0 Å². The largest absolute Gasteiger partial charge is 0.399 e. The monoisotopic (exact) mass is 308 g/mol. The van der Waals surface area contributed by atoms with Crippen molar-refractivity contribution in [2.45, 2.75) is 52.0 Å². The van der Waals surface area contributed by atoms with Gasteiger partial charge in [0.25, 0.3) is 5.91 Å². The molecule has 0 spiro atoms. The van der Waals surface area contributed by atoms with E-state index in [-0.39, 0.29) is 5.91 Å². The summed E-state index contributed by atoms with van der Waals surface area (Å²) in [6.07, 6.45) is 5.64. The number of carbonyl (C=O) groups excluding carboxylic acids is 1. The first-order valence-electron chi connectivity index (χ1n) is 7.85. The number of nitrogens with two attached hydrogens (primary N) is 1. The summed E-state index contributed by atoms with van der Waals surface area (Å²) in [6, 6.07) is 5.49. The van der Waals surface area contributed by atoms with Crippen molar-refractivity contribution in [1.29, 1.82) is 0 Å². The van der Waals surface area contributed by atoms with Crippen LogP contribution in [0.1, 0.15) is 56.3 Å². The minimum Gasteiger partial charge on any atom is -0.399 e. The summed E-state index contributed by atoms with van der Waals surface area (Å²) in [4.78, 5) is 14.9. The summed E-state index contributed by atoms with van der Waals surface area (Å²) in [5.41, 5.74) is 6.93. The van der Waals surface area contributed by atoms with Gasteiger partial charge in [-0.25, -0.2) is 0 Å². The number of benzene rings is 1. The summed E-state index contributed by atoms with van der Waals surface area (Å²) in [5.74, 6) is 0.609. The molecule has 1 aromatic rings. The number of carbonyl (C=O) groups is 1. The Morgan fingerprint density at radius 1 is 1.38 bits per heavy atom. The molecule has 4 heteroatoms. The maximum absolute atomic E-state index is 12.9. The van der Waals surface area contributed by atoms with E-state index in [1.54, 1.807) is 18.2 Å². The van der Waals surface area contributed by atoms with E-state index in [9.17, 15) is 4.79 Å². The Morgan fingerprint density at radius 3 is 2.67 bits per heavy atom. The molecule has 0 bridgehead atoms. The predicted octanol–water partition coefficient (Wildman–Crippen LogP) is 4.35. The molecule has 2 N–H and O–H groups in total. The highest BCUT2D eigenvalue weighted by molar-refractivity contribution is 6.34. The molecule has 1 saturated carbocycles. The van der Waals surface area contributed by atoms with E-state index < -0.39 is 0 Å². The van der Waals surface area contributed by atoms with Gasteiger partial charge in [-0.1, -0.05) is 38.3 Å². The van der Waals surface area contributed by atoms with Crippen LogP contribution in [0.2, 0.25) is 5.02 Å². The molecular formula is C17H25ClN2O. The normalized spacial score (nSPS) is 15.6. The van der Waals surface area contributed by atoms with Crippen LogP contribution >= 0.6 is 11.6 Å². The van der Waals surface area contributed by atoms with Crippen molar-refractivity contribution in [3.63, 3.8) is 0 Å². The van der Waals surface area contributed by atoms with E-state index in [2.05, 4.69) is 13.8 Å². The molecule has 0 radical (unpaired) electrons. The Morgan fingerprint density at radius 2 is 2.05 bits per heavy atom. The molecule has 1 aromatic carbocycles. The molecule has 0 atom stereocenters. The highest BCUT2D eigenvalue weighted by atomic mass is 35.5. The molecule has 0 saturated heterocycles. The molecular weight excluding hydrogens is 284 g/mol. The van der Waals surface area contributed by atoms with Crippen LogP contribution in [0.3, 0.4) is 0 Å². The first-order chi connectivity index (χ1) is 9.99. The fraction of sp³-hybridized carbons (Fsp3) is 0.588. The number of amides is 1. The first kappa shape index (κ1) is 16.2. The van der Waals surface area contributed by atoms with Gasteiger partial charge in [-0.05, 0) is 43.4 Å². The fourth-order valence-electron chi connectivity index (χ4n) is 2.92. The van der Waals surface area contributed by atoms with Gasteiger partial charge in [-0.2, -0.15) is 0 Å². The second kappa shape index (κ2) is 7.17. The van der Waals surface area contributed by atoms with Crippen molar-refractivity contribution < 1.29 is 4.79 Å². The lowest BCUT2D eigenvalue weighted by Gasteiger charge is -2.30. The second-order valence-corrected chi connectivity index (χ2v) is 6.77. The molecule has 0 heterocycles. The number of nitrogen functional groups attached to an aromatic ring is 1. The maximum Gasteiger partial charge on any atom is 0.255 e. The topological polar surface area (TPSA) is 46.3 Å². The van der Waals surface area contributed by atoms with Crippen molar-refractivity contribution >= 4 is 23.2 Å². The lowest BCUT2D eigenvalue weighted by molar-refractivity contribution is 0.0672. The van der Waals surface area contributed by atoms with Gasteiger partial charge in [0.15, 0.2) is 0 Å². The molecule has 21 heavy (non-hydrogen) atoms. The SMILES string of the molecule is CC(C)CCN(C(=O)c1cc(N)ccc1Cl)C1CCCC1. The maximum atomic E-state index is 12.9. The highest BCUT2D eigenvalue weighted by Gasteiger charge is 2.28. The third-order valence-electron chi connectivity index (χ3n) is 4.19. The number of anilines is 1. The average Bonchev–Trinajstić information content (AvgIpc) is 2.95. The van der Waals surface area contributed by atoms with E-state index in [1.165, 1.54) is 12.8 Å². The van der Waals surface area contributed by atoms with Crippen LogP contribution < -0.4 is 5.73 Å². The summed E-state index contributed by atoms with van der Waals surface area (Å²) in [6.45, 7) is 5.17. The highest BCUT2D eigenvalue weighted by Crippen LogP contribution is 2.28. The Kier molecular flexibility index (Phi) is 5.51. The van der Waals surface area contributed by atoms with Crippen LogP contribution in [0, 0.1) is 5.92 Å². The number of nitrogens with zero attached hydrogens (tertiary/aromatic N) is 1. The zero-order valence-corrected chi connectivity index (χ0v) is 13.7. The minimum atomic E-state index is 0.0276. The Bertz CT molecular complexity index is 496. The summed E-state index contributed by atoms with van der Waals surface area (Å²) in [7, 11) is 0. The Balaban J connectivity index is 2.21. The van der Waals surface area contributed by atoms with Crippen LogP contribution in [-0.2, 0) is 0 Å². The zero-order chi connectivity index (χ0) is 15.4. The summed E-state index contributed by atoms with van der Waals surface area (Å²) >= 11 is 6.20. The van der Waals surface area contributed by atoms with E-state index in [4.69, 9.17) is 17.3 Å². The van der Waals surface area contributed by atoms with Gasteiger partial charge in [0.05, 0.1) is 10.6 Å². The van der Waals surface area contributed by atoms with Crippen LogP contribution in [0.5, 0.6) is 0 Å². The number of halogens is 1. The van der Waals surface area contributed by atoms with E-state index in [1.807, 2.05) is 4.90 Å². The molecule has 1 aliphatic carbocycles. The molecule has 1 fully saturated rings. The molecule has 2 rings (SSSR count). The van der Waals surface area contributed by atoms with Gasteiger partial charge in [-0.3, -0.25) is 4.79 Å². The van der Waals surface area contributed by atoms with Crippen LogP contribution in [0.25, 0.3) is 0 Å². The van der Waals surface area contributed by atoms with E-state index in [0.717, 1.165) is 25.8 Å². The molecule has 3 nitrogen and oxygen atoms in total. The second-order valence-electron chi connectivity index (χ2n) is 6.36. The fourth-order valence-corrected chi connectivity index (χ4v) is 3.12. The Labute approximate surface area is 132 Å². The van der Waals surface area contributed by atoms with Gasteiger partial charge < -0.3 is 10.6 Å². The molecule has 116 valence electrons. The zero-order valence-electron chi connectivity index (χ0n) is 12.9. The van der Waals surface area contributed by atoms with Gasteiger partial charge in [0.2, 0.25) is 0 Å². The lowest BCUT2D eigenvalue weighted by atomic mass is 10.1. The number of hydrogen-bond acceptors (Lipinski definition) is 2. The van der Waals surface area contributed by atoms with Crippen LogP contribution in [-0.4, -0.2) is 23.4 Å². The molecule has 0 unspecified atom stereocenters. The van der Waals surface area contributed by atoms with Crippen molar-refractivity contribution in [3.05, 3.63) is 28.8 Å². The van der Waals surface area contributed by atoms with Gasteiger partial charge in [-0.15, -0.1) is 0 Å². The Hall–Kier alpha value is -1.22. The van der Waals surface area contributed by atoms with Gasteiger partial charge in [0, 0.05) is 18.3 Å². The van der Waals surface area contributed by atoms with E-state index in [0.29, 0.717) is 28.2 Å². The third-order valence-corrected chi connectivity index (χ3v) is 4.52. The lowest BCUT2D eigenvalue weighted by Crippen LogP contribution is -2.40. The third kappa shape index (κ3) is 4.13. The van der Waals surface area contributed by atoms with E-state index >= 15 is 0 Å². The quantitative estimate of drug-likeness (QED) is 0.822. The number of hydrogen-bond donors (Lipinski definition) is 1. The number of rotatable bonds is 5. The first-order valence-corrected chi connectivity index (χ1v) is 8.23. The van der Waals surface area contributed by atoms with Crippen LogP contribution in [0.4, 0.5) is 5.69 Å². The molecule has 1 amide bonds. The van der Waals surface area contributed by atoms with Gasteiger partial charge >= 0.3 is 0 Å². The van der Waals surface area contributed by atoms with Crippen LogP contribution in [0.15, 0.2) is 18.2 Å².